The van der Waals surface area contributed by atoms with Crippen molar-refractivity contribution in [1.29, 1.82) is 0 Å². The monoisotopic (exact) mass is 290 g/mol. The largest absolute Gasteiger partial charge is 0.490 e. The molecule has 0 bridgehead atoms. The van der Waals surface area contributed by atoms with Crippen molar-refractivity contribution < 1.29 is 19.7 Å². The highest BCUT2D eigenvalue weighted by Gasteiger charge is 2.14. The van der Waals surface area contributed by atoms with Gasteiger partial charge in [0, 0.05) is 17.6 Å². The summed E-state index contributed by atoms with van der Waals surface area (Å²) in [6.07, 6.45) is -1.32. The lowest BCUT2D eigenvalue weighted by molar-refractivity contribution is 0.0161. The van der Waals surface area contributed by atoms with Crippen molar-refractivity contribution in [2.75, 3.05) is 19.8 Å². The maximum absolute atomic E-state index is 9.90. The zero-order chi connectivity index (χ0) is 15.2. The van der Waals surface area contributed by atoms with Crippen LogP contribution in [0.15, 0.2) is 36.4 Å². The van der Waals surface area contributed by atoms with Gasteiger partial charge in [-0.2, -0.15) is 0 Å². The van der Waals surface area contributed by atoms with E-state index in [1.165, 1.54) is 0 Å². The van der Waals surface area contributed by atoms with Crippen LogP contribution in [0.2, 0.25) is 0 Å². The summed E-state index contributed by atoms with van der Waals surface area (Å²) in [5.74, 6) is 0.624. The number of benzene rings is 2. The van der Waals surface area contributed by atoms with Crippen LogP contribution in [0.4, 0.5) is 0 Å². The molecule has 1 unspecified atom stereocenters. The second-order valence-corrected chi connectivity index (χ2v) is 5.01. The van der Waals surface area contributed by atoms with E-state index in [4.69, 9.17) is 9.47 Å². The van der Waals surface area contributed by atoms with Crippen molar-refractivity contribution in [3.8, 4) is 5.75 Å². The molecule has 0 aliphatic rings. The Kier molecular flexibility index (Phi) is 5.56. The summed E-state index contributed by atoms with van der Waals surface area (Å²) in [7, 11) is 0. The van der Waals surface area contributed by atoms with Gasteiger partial charge in [-0.15, -0.1) is 0 Å². The average Bonchev–Trinajstić information content (AvgIpc) is 2.50. The summed E-state index contributed by atoms with van der Waals surface area (Å²) in [6.45, 7) is 4.51. The maximum atomic E-state index is 9.90. The molecular weight excluding hydrogens is 268 g/mol. The van der Waals surface area contributed by atoms with Crippen LogP contribution in [0, 0.1) is 0 Å². The molecule has 2 aromatic carbocycles. The van der Waals surface area contributed by atoms with Crippen LogP contribution in [-0.4, -0.2) is 36.1 Å². The molecule has 4 nitrogen and oxygen atoms in total. The molecule has 0 aromatic heterocycles. The van der Waals surface area contributed by atoms with Crippen molar-refractivity contribution >= 4 is 10.8 Å². The van der Waals surface area contributed by atoms with E-state index in [1.807, 2.05) is 43.3 Å². The minimum absolute atomic E-state index is 0.133. The third-order valence-electron chi connectivity index (χ3n) is 3.29. The van der Waals surface area contributed by atoms with Gasteiger partial charge < -0.3 is 19.7 Å². The Labute approximate surface area is 124 Å². The molecule has 114 valence electrons. The third-order valence-corrected chi connectivity index (χ3v) is 3.29. The topological polar surface area (TPSA) is 58.9 Å². The molecule has 2 aromatic rings. The second-order valence-electron chi connectivity index (χ2n) is 5.01. The molecule has 0 saturated carbocycles. The van der Waals surface area contributed by atoms with Gasteiger partial charge in [-0.3, -0.25) is 0 Å². The quantitative estimate of drug-likeness (QED) is 0.823. The van der Waals surface area contributed by atoms with Crippen LogP contribution in [0.3, 0.4) is 0 Å². The van der Waals surface area contributed by atoms with Gasteiger partial charge in [0.15, 0.2) is 0 Å². The lowest BCUT2D eigenvalue weighted by Gasteiger charge is -2.18. The first-order valence-electron chi connectivity index (χ1n) is 7.21. The molecule has 2 atom stereocenters. The van der Waals surface area contributed by atoms with Gasteiger partial charge in [0.25, 0.3) is 0 Å². The molecule has 0 amide bonds. The molecule has 0 aliphatic heterocycles. The number of hydrogen-bond acceptors (Lipinski definition) is 4. The Balaban J connectivity index is 2.25. The van der Waals surface area contributed by atoms with E-state index >= 15 is 0 Å². The molecule has 2 N–H and O–H groups in total. The Hall–Kier alpha value is -1.62. The Bertz CT molecular complexity index is 580. The Morgan fingerprint density at radius 1 is 1.05 bits per heavy atom. The Morgan fingerprint density at radius 3 is 2.52 bits per heavy atom. The standard InChI is InChI=1S/C17H22O4/c1-3-20-10-14(19)11-21-17-15(12(2)18)9-8-13-6-4-5-7-16(13)17/h4-9,12,14,18-19H,3,10-11H2,1-2H3/t12-,14?/m0/s1. The van der Waals surface area contributed by atoms with Gasteiger partial charge in [-0.25, -0.2) is 0 Å². The summed E-state index contributed by atoms with van der Waals surface area (Å²) in [5.41, 5.74) is 0.720. The predicted octanol–water partition coefficient (Wildman–Crippen LogP) is 2.67. The second kappa shape index (κ2) is 7.41. The van der Waals surface area contributed by atoms with Crippen molar-refractivity contribution in [2.45, 2.75) is 26.1 Å². The normalized spacial score (nSPS) is 14.1. The number of fused-ring (bicyclic) bond motifs is 1. The van der Waals surface area contributed by atoms with Crippen LogP contribution < -0.4 is 4.74 Å². The van der Waals surface area contributed by atoms with E-state index in [-0.39, 0.29) is 13.2 Å². The molecule has 4 heteroatoms. The first kappa shape index (κ1) is 15.8. The molecular formula is C17H22O4. The summed E-state index contributed by atoms with van der Waals surface area (Å²) < 4.78 is 11.0. The molecule has 0 spiro atoms. The van der Waals surface area contributed by atoms with E-state index in [1.54, 1.807) is 6.92 Å². The van der Waals surface area contributed by atoms with Gasteiger partial charge in [0.2, 0.25) is 0 Å². The van der Waals surface area contributed by atoms with Gasteiger partial charge >= 0.3 is 0 Å². The number of hydrogen-bond donors (Lipinski definition) is 2. The summed E-state index contributed by atoms with van der Waals surface area (Å²) in [5, 5.41) is 21.7. The fourth-order valence-corrected chi connectivity index (χ4v) is 2.23. The minimum atomic E-state index is -0.689. The van der Waals surface area contributed by atoms with Gasteiger partial charge in [0.05, 0.1) is 12.7 Å². The van der Waals surface area contributed by atoms with Crippen molar-refractivity contribution in [3.63, 3.8) is 0 Å². The van der Waals surface area contributed by atoms with Crippen LogP contribution in [-0.2, 0) is 4.74 Å². The van der Waals surface area contributed by atoms with E-state index < -0.39 is 12.2 Å². The third kappa shape index (κ3) is 3.94. The van der Waals surface area contributed by atoms with Crippen LogP contribution in [0.5, 0.6) is 5.75 Å². The smallest absolute Gasteiger partial charge is 0.133 e. The highest BCUT2D eigenvalue weighted by molar-refractivity contribution is 5.89. The Morgan fingerprint density at radius 2 is 1.81 bits per heavy atom. The van der Waals surface area contributed by atoms with Crippen molar-refractivity contribution in [3.05, 3.63) is 42.0 Å². The number of aliphatic hydroxyl groups is 2. The molecule has 0 saturated heterocycles. The lowest BCUT2D eigenvalue weighted by atomic mass is 10.0. The maximum Gasteiger partial charge on any atom is 0.133 e. The molecule has 0 fully saturated rings. The summed E-state index contributed by atoms with van der Waals surface area (Å²) in [4.78, 5) is 0. The molecule has 0 heterocycles. The zero-order valence-corrected chi connectivity index (χ0v) is 12.5. The van der Waals surface area contributed by atoms with E-state index in [0.29, 0.717) is 12.4 Å². The number of aliphatic hydroxyl groups excluding tert-OH is 2. The van der Waals surface area contributed by atoms with E-state index in [0.717, 1.165) is 16.3 Å². The number of ether oxygens (including phenoxy) is 2. The first-order chi connectivity index (χ1) is 10.1. The molecule has 0 radical (unpaired) electrons. The molecule has 21 heavy (non-hydrogen) atoms. The van der Waals surface area contributed by atoms with Crippen LogP contribution >= 0.6 is 0 Å². The summed E-state index contributed by atoms with van der Waals surface area (Å²) >= 11 is 0. The average molecular weight is 290 g/mol. The van der Waals surface area contributed by atoms with E-state index in [9.17, 15) is 10.2 Å². The molecule has 2 rings (SSSR count). The van der Waals surface area contributed by atoms with Gasteiger partial charge in [-0.05, 0) is 19.2 Å². The predicted molar refractivity (Wildman–Crippen MR) is 82.6 cm³/mol. The van der Waals surface area contributed by atoms with Crippen molar-refractivity contribution in [2.24, 2.45) is 0 Å². The van der Waals surface area contributed by atoms with Gasteiger partial charge in [0.1, 0.15) is 18.5 Å². The minimum Gasteiger partial charge on any atom is -0.490 e. The fourth-order valence-electron chi connectivity index (χ4n) is 2.23. The fraction of sp³-hybridized carbons (Fsp3) is 0.412. The van der Waals surface area contributed by atoms with Gasteiger partial charge in [-0.1, -0.05) is 36.4 Å². The van der Waals surface area contributed by atoms with Crippen LogP contribution in [0.1, 0.15) is 25.5 Å². The highest BCUT2D eigenvalue weighted by atomic mass is 16.5. The van der Waals surface area contributed by atoms with E-state index in [2.05, 4.69) is 0 Å². The SMILES string of the molecule is CCOCC(O)COc1c([C@H](C)O)ccc2ccccc12. The van der Waals surface area contributed by atoms with Crippen LogP contribution in [0.25, 0.3) is 10.8 Å². The van der Waals surface area contributed by atoms with Crippen molar-refractivity contribution in [1.82, 2.24) is 0 Å². The summed E-state index contributed by atoms with van der Waals surface area (Å²) in [6, 6.07) is 11.6. The highest BCUT2D eigenvalue weighted by Crippen LogP contribution is 2.33. The molecule has 0 aliphatic carbocycles. The number of rotatable bonds is 7. The zero-order valence-electron chi connectivity index (χ0n) is 12.5. The lowest BCUT2D eigenvalue weighted by Crippen LogP contribution is -2.23. The first-order valence-corrected chi connectivity index (χ1v) is 7.21.